The van der Waals surface area contributed by atoms with Gasteiger partial charge in [0.15, 0.2) is 5.82 Å². The maximum Gasteiger partial charge on any atom is 0.268 e. The largest absolute Gasteiger partial charge is 0.383 e. The highest BCUT2D eigenvalue weighted by atomic mass is 32.1. The number of hydrogen-bond acceptors (Lipinski definition) is 6. The predicted octanol–water partition coefficient (Wildman–Crippen LogP) is 0.789. The van der Waals surface area contributed by atoms with Crippen LogP contribution in [0.5, 0.6) is 0 Å². The molecular formula is C13H13N5O2S. The van der Waals surface area contributed by atoms with Gasteiger partial charge in [0.25, 0.3) is 11.1 Å². The Bertz CT molecular complexity index is 953. The van der Waals surface area contributed by atoms with Crippen molar-refractivity contribution in [3.63, 3.8) is 0 Å². The van der Waals surface area contributed by atoms with E-state index in [0.717, 1.165) is 10.2 Å². The molecule has 8 heteroatoms. The number of nitrogens with two attached hydrogens (primary N) is 1. The van der Waals surface area contributed by atoms with E-state index in [-0.39, 0.29) is 17.7 Å². The summed E-state index contributed by atoms with van der Waals surface area (Å²) in [6.45, 7) is 3.32. The van der Waals surface area contributed by atoms with Gasteiger partial charge in [-0.15, -0.1) is 11.3 Å². The molecule has 108 valence electrons. The molecule has 0 saturated heterocycles. The molecule has 3 aromatic rings. The monoisotopic (exact) mass is 303 g/mol. The van der Waals surface area contributed by atoms with Crippen LogP contribution in [0.25, 0.3) is 10.2 Å². The Balaban J connectivity index is 2.11. The molecule has 0 aliphatic rings. The summed E-state index contributed by atoms with van der Waals surface area (Å²) in [5, 5.41) is 5.20. The van der Waals surface area contributed by atoms with Crippen LogP contribution in [0.4, 0.5) is 5.82 Å². The SMILES string of the molecule is Cc1c(C)c(=O)n(Cc2nc(N)c3ccsc3n2)[nH]c1=O. The molecule has 0 aliphatic heterocycles. The van der Waals surface area contributed by atoms with Crippen molar-refractivity contribution in [2.24, 2.45) is 0 Å². The van der Waals surface area contributed by atoms with Gasteiger partial charge in [-0.1, -0.05) is 0 Å². The normalized spacial score (nSPS) is 11.1. The molecule has 0 atom stereocenters. The first kappa shape index (κ1) is 13.5. The van der Waals surface area contributed by atoms with E-state index in [2.05, 4.69) is 15.1 Å². The average molecular weight is 303 g/mol. The third-order valence-corrected chi connectivity index (χ3v) is 4.21. The zero-order valence-corrected chi connectivity index (χ0v) is 12.3. The molecule has 0 amide bonds. The van der Waals surface area contributed by atoms with Crippen LogP contribution in [-0.4, -0.2) is 19.7 Å². The molecule has 0 aromatic carbocycles. The Kier molecular flexibility index (Phi) is 3.09. The Morgan fingerprint density at radius 1 is 1.29 bits per heavy atom. The van der Waals surface area contributed by atoms with E-state index in [1.165, 1.54) is 16.0 Å². The van der Waals surface area contributed by atoms with E-state index in [1.54, 1.807) is 13.8 Å². The number of nitrogens with zero attached hydrogens (tertiary/aromatic N) is 3. The number of nitrogen functional groups attached to an aromatic ring is 1. The molecule has 0 unspecified atom stereocenters. The molecule has 0 radical (unpaired) electrons. The first-order chi connectivity index (χ1) is 9.97. The zero-order chi connectivity index (χ0) is 15.1. The van der Waals surface area contributed by atoms with Gasteiger partial charge in [-0.3, -0.25) is 14.7 Å². The van der Waals surface area contributed by atoms with Crippen LogP contribution in [0.1, 0.15) is 17.0 Å². The predicted molar refractivity (Wildman–Crippen MR) is 81.7 cm³/mol. The van der Waals surface area contributed by atoms with E-state index in [9.17, 15) is 9.59 Å². The van der Waals surface area contributed by atoms with Crippen molar-refractivity contribution >= 4 is 27.4 Å². The van der Waals surface area contributed by atoms with Crippen LogP contribution in [0, 0.1) is 13.8 Å². The highest BCUT2D eigenvalue weighted by Crippen LogP contribution is 2.22. The van der Waals surface area contributed by atoms with Crippen molar-refractivity contribution in [1.29, 1.82) is 0 Å². The maximum atomic E-state index is 12.2. The van der Waals surface area contributed by atoms with Gasteiger partial charge < -0.3 is 5.73 Å². The molecule has 0 spiro atoms. The molecular weight excluding hydrogens is 290 g/mol. The summed E-state index contributed by atoms with van der Waals surface area (Å²) in [5.74, 6) is 0.763. The van der Waals surface area contributed by atoms with Crippen LogP contribution in [0.15, 0.2) is 21.0 Å². The first-order valence-corrected chi connectivity index (χ1v) is 7.15. The lowest BCUT2D eigenvalue weighted by Gasteiger charge is -2.08. The van der Waals surface area contributed by atoms with E-state index in [4.69, 9.17) is 5.73 Å². The minimum atomic E-state index is -0.294. The summed E-state index contributed by atoms with van der Waals surface area (Å²) in [4.78, 5) is 33.2. The summed E-state index contributed by atoms with van der Waals surface area (Å²) in [7, 11) is 0. The molecule has 3 rings (SSSR count). The molecule has 0 fully saturated rings. The fraction of sp³-hybridized carbons (Fsp3) is 0.231. The number of H-pyrrole nitrogens is 1. The fourth-order valence-corrected chi connectivity index (χ4v) is 2.83. The van der Waals surface area contributed by atoms with Crippen LogP contribution >= 0.6 is 11.3 Å². The topological polar surface area (TPSA) is 107 Å². The Morgan fingerprint density at radius 3 is 2.81 bits per heavy atom. The van der Waals surface area contributed by atoms with Crippen LogP contribution < -0.4 is 16.9 Å². The summed E-state index contributed by atoms with van der Waals surface area (Å²) in [6.07, 6.45) is 0. The van der Waals surface area contributed by atoms with Crippen molar-refractivity contribution in [3.05, 3.63) is 49.1 Å². The lowest BCUT2D eigenvalue weighted by atomic mass is 10.2. The lowest BCUT2D eigenvalue weighted by molar-refractivity contribution is 0.599. The molecule has 3 aromatic heterocycles. The van der Waals surface area contributed by atoms with Crippen LogP contribution in [-0.2, 0) is 6.54 Å². The van der Waals surface area contributed by atoms with Gasteiger partial charge in [-0.05, 0) is 25.3 Å². The van der Waals surface area contributed by atoms with Crippen molar-refractivity contribution in [2.45, 2.75) is 20.4 Å². The van der Waals surface area contributed by atoms with Crippen LogP contribution in [0.2, 0.25) is 0 Å². The molecule has 0 aliphatic carbocycles. The quantitative estimate of drug-likeness (QED) is 0.728. The van der Waals surface area contributed by atoms with E-state index >= 15 is 0 Å². The van der Waals surface area contributed by atoms with Gasteiger partial charge in [-0.25, -0.2) is 14.6 Å². The average Bonchev–Trinajstić information content (AvgIpc) is 2.91. The van der Waals surface area contributed by atoms with E-state index in [0.29, 0.717) is 22.8 Å². The van der Waals surface area contributed by atoms with Crippen LogP contribution in [0.3, 0.4) is 0 Å². The smallest absolute Gasteiger partial charge is 0.268 e. The third-order valence-electron chi connectivity index (χ3n) is 3.41. The van der Waals surface area contributed by atoms with Crippen molar-refractivity contribution in [1.82, 2.24) is 19.7 Å². The number of aromatic amines is 1. The van der Waals surface area contributed by atoms with Crippen molar-refractivity contribution in [2.75, 3.05) is 5.73 Å². The second kappa shape index (κ2) is 4.81. The van der Waals surface area contributed by atoms with Gasteiger partial charge in [0, 0.05) is 11.1 Å². The Hall–Kier alpha value is -2.48. The summed E-state index contributed by atoms with van der Waals surface area (Å²) < 4.78 is 1.21. The van der Waals surface area contributed by atoms with E-state index in [1.807, 2.05) is 11.4 Å². The molecule has 3 N–H and O–H groups in total. The van der Waals surface area contributed by atoms with E-state index < -0.39 is 0 Å². The van der Waals surface area contributed by atoms with Gasteiger partial charge in [-0.2, -0.15) is 0 Å². The standard InChI is InChI=1S/C13H13N5O2S/c1-6-7(2)13(20)18(17-11(6)19)5-9-15-10(14)8-3-4-21-12(8)16-9/h3-4H,5H2,1-2H3,(H,17,19)(H2,14,15,16). The highest BCUT2D eigenvalue weighted by Gasteiger charge is 2.11. The Morgan fingerprint density at radius 2 is 2.05 bits per heavy atom. The summed E-state index contributed by atoms with van der Waals surface area (Å²) in [6, 6.07) is 1.85. The van der Waals surface area contributed by atoms with Crippen molar-refractivity contribution in [3.8, 4) is 0 Å². The second-order valence-electron chi connectivity index (χ2n) is 4.75. The first-order valence-electron chi connectivity index (χ1n) is 6.27. The highest BCUT2D eigenvalue weighted by molar-refractivity contribution is 7.16. The van der Waals surface area contributed by atoms with Gasteiger partial charge in [0.05, 0.1) is 5.39 Å². The van der Waals surface area contributed by atoms with Gasteiger partial charge in [0.1, 0.15) is 17.2 Å². The molecule has 7 nitrogen and oxygen atoms in total. The van der Waals surface area contributed by atoms with Crippen molar-refractivity contribution < 1.29 is 0 Å². The number of fused-ring (bicyclic) bond motifs is 1. The minimum Gasteiger partial charge on any atom is -0.383 e. The molecule has 21 heavy (non-hydrogen) atoms. The summed E-state index contributed by atoms with van der Waals surface area (Å²) in [5.41, 5.74) is 6.16. The lowest BCUT2D eigenvalue weighted by Crippen LogP contribution is -2.34. The number of anilines is 1. The second-order valence-corrected chi connectivity index (χ2v) is 5.64. The molecule has 3 heterocycles. The Labute approximate surface area is 123 Å². The zero-order valence-electron chi connectivity index (χ0n) is 11.5. The number of hydrogen-bond donors (Lipinski definition) is 2. The maximum absolute atomic E-state index is 12.2. The minimum absolute atomic E-state index is 0.0766. The molecule has 0 saturated carbocycles. The fourth-order valence-electron chi connectivity index (χ4n) is 2.04. The molecule has 0 bridgehead atoms. The summed E-state index contributed by atoms with van der Waals surface area (Å²) >= 11 is 1.45. The number of rotatable bonds is 2. The van der Waals surface area contributed by atoms with Gasteiger partial charge >= 0.3 is 0 Å². The number of thiophene rings is 1. The number of nitrogens with one attached hydrogen (secondary N) is 1. The van der Waals surface area contributed by atoms with Gasteiger partial charge in [0.2, 0.25) is 0 Å². The number of aromatic nitrogens is 4. The third kappa shape index (κ3) is 2.23.